The van der Waals surface area contributed by atoms with Gasteiger partial charge in [-0.1, -0.05) is 261 Å². The number of aliphatic hydroxyl groups excluding tert-OH is 1. The van der Waals surface area contributed by atoms with Gasteiger partial charge in [-0.05, 0) is 49.4 Å². The number of phosphoric acid groups is 2. The zero-order valence-corrected chi connectivity index (χ0v) is 56.3. The van der Waals surface area contributed by atoms with Gasteiger partial charge in [-0.25, -0.2) is 9.13 Å². The highest BCUT2D eigenvalue weighted by atomic mass is 31.2. The van der Waals surface area contributed by atoms with Crippen LogP contribution in [0.5, 0.6) is 0 Å². The zero-order valence-electron chi connectivity index (χ0n) is 54.5. The highest BCUT2D eigenvalue weighted by Crippen LogP contribution is 2.45. The molecule has 17 nitrogen and oxygen atoms in total. The molecule has 84 heavy (non-hydrogen) atoms. The first-order valence-electron chi connectivity index (χ1n) is 33.8. The third kappa shape index (κ3) is 56.6. The van der Waals surface area contributed by atoms with Crippen LogP contribution < -0.4 is 0 Å². The largest absolute Gasteiger partial charge is 0.472 e. The van der Waals surface area contributed by atoms with E-state index in [0.717, 1.165) is 108 Å². The van der Waals surface area contributed by atoms with Gasteiger partial charge in [0, 0.05) is 25.7 Å². The molecule has 0 radical (unpaired) electrons. The van der Waals surface area contributed by atoms with Gasteiger partial charge in [0.15, 0.2) is 12.2 Å². The van der Waals surface area contributed by atoms with Gasteiger partial charge in [0.2, 0.25) is 0 Å². The minimum absolute atomic E-state index is 0.102. The maximum Gasteiger partial charge on any atom is 0.472 e. The second kappa shape index (κ2) is 55.2. The van der Waals surface area contributed by atoms with Gasteiger partial charge in [0.05, 0.1) is 26.4 Å². The number of ether oxygens (including phenoxy) is 4. The normalized spacial score (nSPS) is 15.1. The molecule has 0 rings (SSSR count). The predicted octanol–water partition coefficient (Wildman–Crippen LogP) is 17.8. The van der Waals surface area contributed by atoms with E-state index in [1.54, 1.807) is 0 Å². The lowest BCUT2D eigenvalue weighted by Crippen LogP contribution is -2.30. The van der Waals surface area contributed by atoms with Crippen LogP contribution in [0.15, 0.2) is 0 Å². The molecule has 0 spiro atoms. The molecular formula is C65H126O17P2. The monoisotopic (exact) mass is 1240 g/mol. The van der Waals surface area contributed by atoms with Crippen LogP contribution in [-0.2, 0) is 65.4 Å². The molecule has 0 saturated heterocycles. The summed E-state index contributed by atoms with van der Waals surface area (Å²) in [5.41, 5.74) is 0. The van der Waals surface area contributed by atoms with Crippen molar-refractivity contribution in [3.05, 3.63) is 0 Å². The Balaban J connectivity index is 5.24. The summed E-state index contributed by atoms with van der Waals surface area (Å²) in [5.74, 6) is 0.789. The SMILES string of the molecule is CCC(C)CCCCCCCCCCCCC(=O)OC[C@H](COP(=O)(O)OCC(O)COP(=O)(O)OC[C@@H](COC(=O)CCCCCCCCCC(C)C)OC(=O)CCCCCCCCCC(C)C)OC(=O)CCCCCCCCC(C)CC. The van der Waals surface area contributed by atoms with Crippen molar-refractivity contribution in [3.8, 4) is 0 Å². The molecule has 3 N–H and O–H groups in total. The molecule has 0 bridgehead atoms. The van der Waals surface area contributed by atoms with Crippen LogP contribution in [0.25, 0.3) is 0 Å². The van der Waals surface area contributed by atoms with Gasteiger partial charge >= 0.3 is 39.5 Å². The van der Waals surface area contributed by atoms with E-state index in [1.807, 2.05) is 0 Å². The van der Waals surface area contributed by atoms with Crippen LogP contribution in [0, 0.1) is 23.7 Å². The van der Waals surface area contributed by atoms with Crippen LogP contribution in [0.3, 0.4) is 0 Å². The Morgan fingerprint density at radius 3 is 0.845 bits per heavy atom. The minimum Gasteiger partial charge on any atom is -0.462 e. The summed E-state index contributed by atoms with van der Waals surface area (Å²) >= 11 is 0. The molecule has 0 aliphatic rings. The van der Waals surface area contributed by atoms with Crippen LogP contribution in [-0.4, -0.2) is 96.7 Å². The van der Waals surface area contributed by atoms with Crippen molar-refractivity contribution in [2.75, 3.05) is 39.6 Å². The molecule has 0 amide bonds. The molecule has 0 saturated carbocycles. The molecule has 0 aromatic carbocycles. The maximum absolute atomic E-state index is 13.0. The standard InChI is InChI=1S/C65H126O17P2/c1-9-57(7)43-35-27-19-13-11-12-14-20-29-37-45-62(67)75-52-61(82-65(70)48-40-32-24-23-28-36-44-58(8)10-2)54-80-84(73,74)78-50-59(66)49-77-83(71,72)79-53-60(81-64(69)47-39-31-22-16-18-26-34-42-56(5)6)51-76-63(68)46-38-30-21-15-17-25-33-41-55(3)4/h55-61,66H,9-54H2,1-8H3,(H,71,72)(H,73,74)/t57?,58?,59?,60-,61-/m1/s1. The summed E-state index contributed by atoms with van der Waals surface area (Å²) in [5, 5.41) is 10.5. The Bertz CT molecular complexity index is 1680. The van der Waals surface area contributed by atoms with Crippen molar-refractivity contribution in [1.82, 2.24) is 0 Å². The lowest BCUT2D eigenvalue weighted by Gasteiger charge is -2.21. The highest BCUT2D eigenvalue weighted by Gasteiger charge is 2.30. The van der Waals surface area contributed by atoms with Gasteiger partial charge in [-0.15, -0.1) is 0 Å². The Hall–Kier alpha value is -1.94. The molecule has 0 aliphatic carbocycles. The van der Waals surface area contributed by atoms with Crippen LogP contribution >= 0.6 is 15.6 Å². The molecule has 498 valence electrons. The molecule has 0 aromatic rings. The second-order valence-corrected chi connectivity index (χ2v) is 27.8. The topological polar surface area (TPSA) is 237 Å². The number of esters is 4. The number of phosphoric ester groups is 2. The predicted molar refractivity (Wildman–Crippen MR) is 335 cm³/mol. The van der Waals surface area contributed by atoms with E-state index in [0.29, 0.717) is 37.5 Å². The van der Waals surface area contributed by atoms with Gasteiger partial charge < -0.3 is 33.8 Å². The first-order chi connectivity index (χ1) is 40.2. The molecule has 19 heteroatoms. The summed E-state index contributed by atoms with van der Waals surface area (Å²) < 4.78 is 68.0. The summed E-state index contributed by atoms with van der Waals surface area (Å²) in [4.78, 5) is 72.2. The van der Waals surface area contributed by atoms with Gasteiger partial charge in [0.1, 0.15) is 19.3 Å². The number of carbonyl (C=O) groups excluding carboxylic acids is 4. The lowest BCUT2D eigenvalue weighted by molar-refractivity contribution is -0.161. The third-order valence-corrected chi connectivity index (χ3v) is 17.4. The Labute approximate surface area is 511 Å². The number of rotatable bonds is 62. The third-order valence-electron chi connectivity index (χ3n) is 15.5. The fourth-order valence-corrected chi connectivity index (χ4v) is 11.1. The van der Waals surface area contributed by atoms with Gasteiger partial charge in [0.25, 0.3) is 0 Å². The Morgan fingerprint density at radius 2 is 0.571 bits per heavy atom. The van der Waals surface area contributed by atoms with E-state index in [2.05, 4.69) is 55.4 Å². The minimum atomic E-state index is -4.95. The maximum atomic E-state index is 13.0. The number of hydrogen-bond donors (Lipinski definition) is 3. The summed E-state index contributed by atoms with van der Waals surface area (Å²) in [6, 6.07) is 0. The molecule has 7 atom stereocenters. The number of aliphatic hydroxyl groups is 1. The smallest absolute Gasteiger partial charge is 0.462 e. The van der Waals surface area contributed by atoms with E-state index in [-0.39, 0.29) is 25.7 Å². The lowest BCUT2D eigenvalue weighted by atomic mass is 9.99. The number of carbonyl (C=O) groups is 4. The van der Waals surface area contributed by atoms with Crippen molar-refractivity contribution in [2.45, 2.75) is 331 Å². The van der Waals surface area contributed by atoms with Crippen LogP contribution in [0.1, 0.15) is 312 Å². The van der Waals surface area contributed by atoms with E-state index >= 15 is 0 Å². The van der Waals surface area contributed by atoms with E-state index in [4.69, 9.17) is 37.0 Å². The van der Waals surface area contributed by atoms with Crippen molar-refractivity contribution in [3.63, 3.8) is 0 Å². The first-order valence-corrected chi connectivity index (χ1v) is 36.8. The van der Waals surface area contributed by atoms with Crippen molar-refractivity contribution in [2.24, 2.45) is 23.7 Å². The molecule has 5 unspecified atom stereocenters. The quantitative estimate of drug-likeness (QED) is 0.0222. The average Bonchev–Trinajstić information content (AvgIpc) is 3.45. The molecular weight excluding hydrogens is 1110 g/mol. The van der Waals surface area contributed by atoms with Gasteiger partial charge in [-0.3, -0.25) is 37.3 Å². The molecule has 0 fully saturated rings. The fourth-order valence-electron chi connectivity index (χ4n) is 9.54. The number of hydrogen-bond acceptors (Lipinski definition) is 15. The molecule has 0 aliphatic heterocycles. The van der Waals surface area contributed by atoms with Crippen molar-refractivity contribution >= 4 is 39.5 Å². The van der Waals surface area contributed by atoms with Crippen LogP contribution in [0.4, 0.5) is 0 Å². The summed E-state index contributed by atoms with van der Waals surface area (Å²) in [6.45, 7) is 14.0. The Morgan fingerprint density at radius 1 is 0.333 bits per heavy atom. The highest BCUT2D eigenvalue weighted by molar-refractivity contribution is 7.47. The second-order valence-electron chi connectivity index (χ2n) is 24.9. The van der Waals surface area contributed by atoms with E-state index in [1.165, 1.54) is 109 Å². The van der Waals surface area contributed by atoms with E-state index < -0.39 is 97.5 Å². The van der Waals surface area contributed by atoms with E-state index in [9.17, 15) is 43.2 Å². The average molecular weight is 1240 g/mol. The fraction of sp³-hybridized carbons (Fsp3) is 0.938. The molecule has 0 aromatic heterocycles. The number of unbranched alkanes of at least 4 members (excludes halogenated alkanes) is 26. The van der Waals surface area contributed by atoms with Crippen LogP contribution in [0.2, 0.25) is 0 Å². The van der Waals surface area contributed by atoms with Crippen molar-refractivity contribution < 1.29 is 80.2 Å². The Kier molecular flexibility index (Phi) is 53.9. The first kappa shape index (κ1) is 82.1. The van der Waals surface area contributed by atoms with Gasteiger partial charge in [-0.2, -0.15) is 0 Å². The van der Waals surface area contributed by atoms with Crippen molar-refractivity contribution in [1.29, 1.82) is 0 Å². The summed E-state index contributed by atoms with van der Waals surface area (Å²) in [7, 11) is -9.89. The summed E-state index contributed by atoms with van der Waals surface area (Å²) in [6.07, 6.45) is 35.0. The zero-order chi connectivity index (χ0) is 62.5. The molecule has 0 heterocycles.